The van der Waals surface area contributed by atoms with Crippen molar-refractivity contribution in [2.24, 2.45) is 5.73 Å². The Kier molecular flexibility index (Phi) is 4.77. The van der Waals surface area contributed by atoms with Gasteiger partial charge in [-0.25, -0.2) is 4.39 Å². The van der Waals surface area contributed by atoms with Crippen molar-refractivity contribution in [2.75, 3.05) is 38.1 Å². The minimum atomic E-state index is -0.132. The lowest BCUT2D eigenvalue weighted by Crippen LogP contribution is -2.38. The lowest BCUT2D eigenvalue weighted by molar-refractivity contribution is 0.337. The van der Waals surface area contributed by atoms with Crippen LogP contribution in [0.15, 0.2) is 18.2 Å². The average Bonchev–Trinajstić information content (AvgIpc) is 2.53. The van der Waals surface area contributed by atoms with Gasteiger partial charge in [-0.3, -0.25) is 0 Å². The number of rotatable bonds is 3. The molecule has 19 heavy (non-hydrogen) atoms. The van der Waals surface area contributed by atoms with Gasteiger partial charge in [0, 0.05) is 30.4 Å². The van der Waals surface area contributed by atoms with Gasteiger partial charge in [0.25, 0.3) is 0 Å². The van der Waals surface area contributed by atoms with Gasteiger partial charge in [0.15, 0.2) is 0 Å². The summed E-state index contributed by atoms with van der Waals surface area (Å²) >= 11 is 0. The first-order valence-electron chi connectivity index (χ1n) is 7.06. The molecule has 1 aromatic rings. The van der Waals surface area contributed by atoms with Gasteiger partial charge in [-0.2, -0.15) is 0 Å². The molecule has 2 N–H and O–H groups in total. The zero-order chi connectivity index (χ0) is 13.8. The van der Waals surface area contributed by atoms with Crippen LogP contribution in [0.1, 0.15) is 18.9 Å². The van der Waals surface area contributed by atoms with Crippen LogP contribution >= 0.6 is 0 Å². The number of benzene rings is 1. The molecule has 1 unspecified atom stereocenters. The molecule has 4 heteroatoms. The Labute approximate surface area is 115 Å². The van der Waals surface area contributed by atoms with Crippen molar-refractivity contribution < 1.29 is 4.39 Å². The van der Waals surface area contributed by atoms with Crippen molar-refractivity contribution >= 4 is 5.69 Å². The first-order valence-corrected chi connectivity index (χ1v) is 7.06. The predicted molar refractivity (Wildman–Crippen MR) is 78.1 cm³/mol. The maximum Gasteiger partial charge on any atom is 0.128 e. The number of halogens is 1. The van der Waals surface area contributed by atoms with Crippen molar-refractivity contribution in [2.45, 2.75) is 25.8 Å². The number of likely N-dealkylation sites (N-methyl/N-ethyl adjacent to an activating group) is 1. The van der Waals surface area contributed by atoms with Crippen LogP contribution in [0, 0.1) is 5.82 Å². The molecule has 1 atom stereocenters. The molecule has 0 aromatic heterocycles. The molecule has 0 aliphatic carbocycles. The van der Waals surface area contributed by atoms with Gasteiger partial charge in [0.2, 0.25) is 0 Å². The third-order valence-corrected chi connectivity index (χ3v) is 3.84. The smallest absolute Gasteiger partial charge is 0.128 e. The van der Waals surface area contributed by atoms with Crippen molar-refractivity contribution in [1.29, 1.82) is 0 Å². The van der Waals surface area contributed by atoms with Gasteiger partial charge in [0.1, 0.15) is 5.82 Å². The molecule has 1 heterocycles. The Balaban J connectivity index is 2.31. The lowest BCUT2D eigenvalue weighted by atomic mass is 10.1. The minimum Gasteiger partial charge on any atom is -0.367 e. The molecule has 0 saturated carbocycles. The molecule has 0 radical (unpaired) electrons. The summed E-state index contributed by atoms with van der Waals surface area (Å²) in [4.78, 5) is 4.67. The zero-order valence-electron chi connectivity index (χ0n) is 11.9. The van der Waals surface area contributed by atoms with Gasteiger partial charge < -0.3 is 15.5 Å². The number of hydrogen-bond acceptors (Lipinski definition) is 3. The van der Waals surface area contributed by atoms with Gasteiger partial charge in [-0.15, -0.1) is 0 Å². The molecule has 1 aliphatic rings. The Morgan fingerprint density at radius 3 is 2.89 bits per heavy atom. The number of hydrogen-bond donors (Lipinski definition) is 1. The van der Waals surface area contributed by atoms with Crippen LogP contribution < -0.4 is 10.6 Å². The average molecular weight is 265 g/mol. The summed E-state index contributed by atoms with van der Waals surface area (Å²) in [5, 5.41) is 0. The molecule has 0 amide bonds. The molecule has 3 nitrogen and oxygen atoms in total. The Morgan fingerprint density at radius 2 is 2.16 bits per heavy atom. The zero-order valence-corrected chi connectivity index (χ0v) is 11.9. The van der Waals surface area contributed by atoms with Crippen LogP contribution in [0.4, 0.5) is 10.1 Å². The minimum absolute atomic E-state index is 0.132. The van der Waals surface area contributed by atoms with Crippen molar-refractivity contribution in [3.8, 4) is 0 Å². The van der Waals surface area contributed by atoms with Crippen molar-refractivity contribution in [1.82, 2.24) is 4.90 Å². The first kappa shape index (κ1) is 14.3. The fourth-order valence-corrected chi connectivity index (χ4v) is 2.94. The molecular weight excluding hydrogens is 241 g/mol. The van der Waals surface area contributed by atoms with E-state index in [1.54, 1.807) is 6.07 Å². The summed E-state index contributed by atoms with van der Waals surface area (Å²) in [5.74, 6) is -0.132. The molecule has 1 aliphatic heterocycles. The van der Waals surface area contributed by atoms with Crippen LogP contribution in [0.2, 0.25) is 0 Å². The molecule has 1 saturated heterocycles. The quantitative estimate of drug-likeness (QED) is 0.905. The standard InChI is InChI=1S/C15H24FN3/c1-12-11-18(2)9-4-10-19(12)15-6-3-5-14(16)13(15)7-8-17/h3,5-6,12H,4,7-11,17H2,1-2H3. The molecule has 1 fully saturated rings. The summed E-state index contributed by atoms with van der Waals surface area (Å²) in [6, 6.07) is 5.75. The fraction of sp³-hybridized carbons (Fsp3) is 0.600. The Hall–Kier alpha value is -1.13. The van der Waals surface area contributed by atoms with E-state index in [2.05, 4.69) is 23.8 Å². The van der Waals surface area contributed by atoms with E-state index in [9.17, 15) is 4.39 Å². The number of nitrogens with two attached hydrogens (primary N) is 1. The van der Waals surface area contributed by atoms with E-state index in [4.69, 9.17) is 5.73 Å². The molecule has 106 valence electrons. The summed E-state index contributed by atoms with van der Waals surface area (Å²) in [5.41, 5.74) is 7.41. The highest BCUT2D eigenvalue weighted by atomic mass is 19.1. The van der Waals surface area contributed by atoms with E-state index < -0.39 is 0 Å². The molecule has 0 spiro atoms. The van der Waals surface area contributed by atoms with Gasteiger partial charge in [0.05, 0.1) is 0 Å². The maximum absolute atomic E-state index is 14.0. The molecule has 2 rings (SSSR count). The van der Waals surface area contributed by atoms with Gasteiger partial charge in [-0.1, -0.05) is 6.07 Å². The van der Waals surface area contributed by atoms with E-state index in [-0.39, 0.29) is 5.82 Å². The predicted octanol–water partition coefficient (Wildman–Crippen LogP) is 1.86. The first-order chi connectivity index (χ1) is 9.13. The molecule has 0 bridgehead atoms. The van der Waals surface area contributed by atoms with E-state index in [1.807, 2.05) is 6.07 Å². The summed E-state index contributed by atoms with van der Waals surface area (Å²) in [6.07, 6.45) is 1.71. The second-order valence-corrected chi connectivity index (χ2v) is 5.43. The molecular formula is C15H24FN3. The SMILES string of the molecule is CC1CN(C)CCCN1c1cccc(F)c1CCN. The summed E-state index contributed by atoms with van der Waals surface area (Å²) in [7, 11) is 2.15. The topological polar surface area (TPSA) is 32.5 Å². The normalized spacial score (nSPS) is 21.5. The van der Waals surface area contributed by atoms with Crippen LogP contribution in [-0.4, -0.2) is 44.2 Å². The van der Waals surface area contributed by atoms with Crippen molar-refractivity contribution in [3.05, 3.63) is 29.6 Å². The highest BCUT2D eigenvalue weighted by Gasteiger charge is 2.22. The maximum atomic E-state index is 14.0. The van der Waals surface area contributed by atoms with Crippen LogP contribution in [0.5, 0.6) is 0 Å². The van der Waals surface area contributed by atoms with Crippen LogP contribution in [-0.2, 0) is 6.42 Å². The van der Waals surface area contributed by atoms with Crippen LogP contribution in [0.25, 0.3) is 0 Å². The highest BCUT2D eigenvalue weighted by molar-refractivity contribution is 5.55. The largest absolute Gasteiger partial charge is 0.367 e. The van der Waals surface area contributed by atoms with E-state index >= 15 is 0 Å². The van der Waals surface area contributed by atoms with E-state index in [0.717, 1.165) is 37.3 Å². The molecule has 1 aromatic carbocycles. The highest BCUT2D eigenvalue weighted by Crippen LogP contribution is 2.27. The fourth-order valence-electron chi connectivity index (χ4n) is 2.94. The van der Waals surface area contributed by atoms with Crippen molar-refractivity contribution in [3.63, 3.8) is 0 Å². The third kappa shape index (κ3) is 3.25. The van der Waals surface area contributed by atoms with Gasteiger partial charge in [-0.05, 0) is 52.0 Å². The Morgan fingerprint density at radius 1 is 1.37 bits per heavy atom. The van der Waals surface area contributed by atoms with E-state index in [1.165, 1.54) is 6.07 Å². The van der Waals surface area contributed by atoms with E-state index in [0.29, 0.717) is 19.0 Å². The van der Waals surface area contributed by atoms with Gasteiger partial charge >= 0.3 is 0 Å². The third-order valence-electron chi connectivity index (χ3n) is 3.84. The monoisotopic (exact) mass is 265 g/mol. The number of anilines is 1. The summed E-state index contributed by atoms with van der Waals surface area (Å²) < 4.78 is 14.0. The van der Waals surface area contributed by atoms with Crippen LogP contribution in [0.3, 0.4) is 0 Å². The number of nitrogens with zero attached hydrogens (tertiary/aromatic N) is 2. The lowest BCUT2D eigenvalue weighted by Gasteiger charge is -2.32. The second-order valence-electron chi connectivity index (χ2n) is 5.43. The summed E-state index contributed by atoms with van der Waals surface area (Å²) in [6.45, 7) is 5.78. The second kappa shape index (κ2) is 6.35. The Bertz CT molecular complexity index is 422.